The number of nitro benzene ring substituents is 1. The summed E-state index contributed by atoms with van der Waals surface area (Å²) in [6.07, 6.45) is 1.33. The first kappa shape index (κ1) is 19.4. The van der Waals surface area contributed by atoms with Gasteiger partial charge in [0.2, 0.25) is 11.7 Å². The van der Waals surface area contributed by atoms with E-state index in [0.29, 0.717) is 0 Å². The van der Waals surface area contributed by atoms with Gasteiger partial charge in [0.1, 0.15) is 11.6 Å². The van der Waals surface area contributed by atoms with Crippen molar-refractivity contribution >= 4 is 11.5 Å². The van der Waals surface area contributed by atoms with E-state index < -0.39 is 28.8 Å². The van der Waals surface area contributed by atoms with E-state index in [9.17, 15) is 30.1 Å². The minimum Gasteiger partial charge on any atom is -0.494 e. The van der Waals surface area contributed by atoms with Crippen LogP contribution in [0.5, 0.6) is 11.6 Å². The number of aromatic hydroxyl groups is 1. The van der Waals surface area contributed by atoms with Gasteiger partial charge in [-0.25, -0.2) is 0 Å². The summed E-state index contributed by atoms with van der Waals surface area (Å²) >= 11 is 0. The summed E-state index contributed by atoms with van der Waals surface area (Å²) in [7, 11) is 0. The summed E-state index contributed by atoms with van der Waals surface area (Å²) in [6.45, 7) is 4.09. The molecule has 0 saturated carbocycles. The number of pyridine rings is 1. The summed E-state index contributed by atoms with van der Waals surface area (Å²) in [5.74, 6) is -1.47. The van der Waals surface area contributed by atoms with Crippen LogP contribution in [0.3, 0.4) is 0 Å². The van der Waals surface area contributed by atoms with Gasteiger partial charge in [-0.1, -0.05) is 18.2 Å². The summed E-state index contributed by atoms with van der Waals surface area (Å²) in [5.41, 5.74) is -1.60. The molecule has 9 heteroatoms. The minimum absolute atomic E-state index is 0.0106. The molecule has 27 heavy (non-hydrogen) atoms. The lowest BCUT2D eigenvalue weighted by molar-refractivity contribution is -0.385. The molecular weight excluding hydrogens is 354 g/mol. The first-order valence-electron chi connectivity index (χ1n) is 7.70. The van der Waals surface area contributed by atoms with E-state index >= 15 is 0 Å². The monoisotopic (exact) mass is 369 g/mol. The van der Waals surface area contributed by atoms with Gasteiger partial charge in [-0.3, -0.25) is 24.3 Å². The van der Waals surface area contributed by atoms with Crippen LogP contribution in [0, 0.1) is 28.4 Å². The fourth-order valence-corrected chi connectivity index (χ4v) is 2.53. The number of Topliss-reactive ketones (excluding diaryl/α,β-unsaturated/α-hetero) is 1. The van der Waals surface area contributed by atoms with Crippen LogP contribution in [0.4, 0.5) is 5.69 Å². The van der Waals surface area contributed by atoms with Crippen molar-refractivity contribution in [2.24, 2.45) is 0 Å². The van der Waals surface area contributed by atoms with Gasteiger partial charge >= 0.3 is 5.69 Å². The van der Waals surface area contributed by atoms with Crippen molar-refractivity contribution in [1.82, 2.24) is 4.57 Å². The Labute approximate surface area is 153 Å². The Kier molecular flexibility index (Phi) is 5.72. The van der Waals surface area contributed by atoms with Gasteiger partial charge in [0.25, 0.3) is 5.56 Å². The summed E-state index contributed by atoms with van der Waals surface area (Å²) in [5, 5.41) is 30.5. The molecular formula is C18H15N3O6. The maximum atomic E-state index is 12.6. The average molecular weight is 369 g/mol. The number of benzene rings is 1. The van der Waals surface area contributed by atoms with Crippen LogP contribution < -0.4 is 10.3 Å². The van der Waals surface area contributed by atoms with Crippen molar-refractivity contribution in [2.75, 3.05) is 6.61 Å². The van der Waals surface area contributed by atoms with E-state index in [1.165, 1.54) is 37.3 Å². The molecule has 0 amide bonds. The number of carbonyl (C=O) groups is 1. The molecule has 1 heterocycles. The zero-order chi connectivity index (χ0) is 20.1. The molecule has 1 N–H and O–H groups in total. The second-order valence-electron chi connectivity index (χ2n) is 5.45. The van der Waals surface area contributed by atoms with Crippen molar-refractivity contribution in [2.45, 2.75) is 13.5 Å². The molecule has 1 aromatic heterocycles. The molecule has 0 bridgehead atoms. The average Bonchev–Trinajstić information content (AvgIpc) is 2.64. The van der Waals surface area contributed by atoms with Crippen LogP contribution in [0.2, 0.25) is 0 Å². The molecule has 0 unspecified atom stereocenters. The van der Waals surface area contributed by atoms with Crippen LogP contribution in [-0.2, 0) is 6.54 Å². The molecule has 0 fully saturated rings. The first-order valence-corrected chi connectivity index (χ1v) is 7.70. The van der Waals surface area contributed by atoms with Crippen molar-refractivity contribution in [3.63, 3.8) is 0 Å². The molecule has 1 aromatic carbocycles. The zero-order valence-corrected chi connectivity index (χ0v) is 14.3. The number of nitriles is 1. The predicted molar refractivity (Wildman–Crippen MR) is 94.9 cm³/mol. The summed E-state index contributed by atoms with van der Waals surface area (Å²) in [6, 6.07) is 7.23. The van der Waals surface area contributed by atoms with Gasteiger partial charge in [0.05, 0.1) is 10.5 Å². The lowest BCUT2D eigenvalue weighted by Gasteiger charge is -2.14. The Hall–Kier alpha value is -3.93. The van der Waals surface area contributed by atoms with Gasteiger partial charge in [-0.15, -0.1) is 6.58 Å². The van der Waals surface area contributed by atoms with Crippen molar-refractivity contribution in [3.05, 3.63) is 74.1 Å². The molecule has 2 aromatic rings. The number of para-hydroxylation sites is 2. The number of nitro groups is 1. The number of ether oxygens (including phenoxy) is 1. The number of hydrogen-bond acceptors (Lipinski definition) is 7. The Morgan fingerprint density at radius 1 is 1.48 bits per heavy atom. The number of nitrogens with zero attached hydrogens (tertiary/aromatic N) is 3. The van der Waals surface area contributed by atoms with Crippen LogP contribution >= 0.6 is 0 Å². The fraction of sp³-hybridized carbons (Fsp3) is 0.167. The Bertz CT molecular complexity index is 1030. The third-order valence-corrected chi connectivity index (χ3v) is 3.81. The number of rotatable bonds is 7. The molecule has 0 aliphatic carbocycles. The minimum atomic E-state index is -0.747. The zero-order valence-electron chi connectivity index (χ0n) is 14.3. The van der Waals surface area contributed by atoms with E-state index in [-0.39, 0.29) is 34.7 Å². The SMILES string of the molecule is C=CCn1c(O)c(C(=O)COc2ccccc2[N+](=O)[O-])c(C)c(C#N)c1=O. The van der Waals surface area contributed by atoms with Crippen LogP contribution in [0.15, 0.2) is 41.7 Å². The predicted octanol–water partition coefficient (Wildman–Crippen LogP) is 2.09. The highest BCUT2D eigenvalue weighted by Crippen LogP contribution is 2.27. The Balaban J connectivity index is 2.44. The highest BCUT2D eigenvalue weighted by atomic mass is 16.6. The lowest BCUT2D eigenvalue weighted by Crippen LogP contribution is -2.27. The first-order chi connectivity index (χ1) is 12.8. The van der Waals surface area contributed by atoms with Crippen LogP contribution in [0.1, 0.15) is 21.5 Å². The van der Waals surface area contributed by atoms with Crippen molar-refractivity contribution < 1.29 is 19.6 Å². The van der Waals surface area contributed by atoms with Crippen molar-refractivity contribution in [1.29, 1.82) is 5.26 Å². The smallest absolute Gasteiger partial charge is 0.310 e. The van der Waals surface area contributed by atoms with Gasteiger partial charge in [0.15, 0.2) is 12.4 Å². The molecule has 0 radical (unpaired) electrons. The lowest BCUT2D eigenvalue weighted by atomic mass is 10.0. The molecule has 0 aliphatic heterocycles. The van der Waals surface area contributed by atoms with E-state index in [1.807, 2.05) is 0 Å². The Morgan fingerprint density at radius 3 is 2.74 bits per heavy atom. The number of ketones is 1. The van der Waals surface area contributed by atoms with Crippen LogP contribution in [0.25, 0.3) is 0 Å². The second-order valence-corrected chi connectivity index (χ2v) is 5.45. The Morgan fingerprint density at radius 2 is 2.15 bits per heavy atom. The maximum absolute atomic E-state index is 12.6. The van der Waals surface area contributed by atoms with Crippen molar-refractivity contribution in [3.8, 4) is 17.7 Å². The third kappa shape index (κ3) is 3.69. The van der Waals surface area contributed by atoms with E-state index in [2.05, 4.69) is 6.58 Å². The third-order valence-electron chi connectivity index (χ3n) is 3.81. The summed E-state index contributed by atoms with van der Waals surface area (Å²) in [4.78, 5) is 35.1. The number of carbonyl (C=O) groups excluding carboxylic acids is 1. The van der Waals surface area contributed by atoms with E-state index in [0.717, 1.165) is 4.57 Å². The highest BCUT2D eigenvalue weighted by Gasteiger charge is 2.24. The topological polar surface area (TPSA) is 135 Å². The fourth-order valence-electron chi connectivity index (χ4n) is 2.53. The molecule has 138 valence electrons. The molecule has 0 atom stereocenters. The quantitative estimate of drug-likeness (QED) is 0.341. The molecule has 2 rings (SSSR count). The number of hydrogen-bond donors (Lipinski definition) is 1. The standard InChI is InChI=1S/C18H15N3O6/c1-3-8-20-17(23)12(9-19)11(2)16(18(20)24)14(22)10-27-15-7-5-4-6-13(15)21(25)26/h3-7,24H,1,8,10H2,2H3. The van der Waals surface area contributed by atoms with E-state index in [4.69, 9.17) is 4.74 Å². The highest BCUT2D eigenvalue weighted by molar-refractivity contribution is 6.01. The molecule has 0 aliphatic rings. The summed E-state index contributed by atoms with van der Waals surface area (Å²) < 4.78 is 6.08. The van der Waals surface area contributed by atoms with Crippen LogP contribution in [-0.4, -0.2) is 27.0 Å². The second kappa shape index (κ2) is 7.97. The van der Waals surface area contributed by atoms with Gasteiger partial charge in [-0.05, 0) is 18.6 Å². The normalized spacial score (nSPS) is 10.1. The van der Waals surface area contributed by atoms with Gasteiger partial charge in [-0.2, -0.15) is 5.26 Å². The number of allylic oxidation sites excluding steroid dienone is 1. The number of aromatic nitrogens is 1. The van der Waals surface area contributed by atoms with Gasteiger partial charge in [0, 0.05) is 12.6 Å². The largest absolute Gasteiger partial charge is 0.494 e. The molecule has 0 spiro atoms. The van der Waals surface area contributed by atoms with Gasteiger partial charge < -0.3 is 9.84 Å². The molecule has 9 nitrogen and oxygen atoms in total. The molecule has 0 saturated heterocycles. The van der Waals surface area contributed by atoms with E-state index in [1.54, 1.807) is 6.07 Å². The maximum Gasteiger partial charge on any atom is 0.310 e.